The Morgan fingerprint density at radius 3 is 2.67 bits per heavy atom. The number of likely N-dealkylation sites (tertiary alicyclic amines) is 1. The predicted octanol–water partition coefficient (Wildman–Crippen LogP) is 3.15. The topological polar surface area (TPSA) is 121 Å². The number of hydrogen-bond donors (Lipinski definition) is 2. The molecule has 3 fully saturated rings. The number of imide groups is 1. The van der Waals surface area contributed by atoms with Crippen LogP contribution in [0.2, 0.25) is 0 Å². The van der Waals surface area contributed by atoms with Crippen molar-refractivity contribution in [3.8, 4) is 0 Å². The highest BCUT2D eigenvalue weighted by Gasteiger charge is 2.69. The monoisotopic (exact) mass is 488 g/mol. The summed E-state index contributed by atoms with van der Waals surface area (Å²) >= 11 is 2.89. The van der Waals surface area contributed by atoms with Crippen LogP contribution >= 0.6 is 23.1 Å². The molecule has 6 rings (SSSR count). The van der Waals surface area contributed by atoms with Crippen LogP contribution in [0.1, 0.15) is 48.7 Å². The lowest BCUT2D eigenvalue weighted by atomic mass is 9.69. The van der Waals surface area contributed by atoms with Gasteiger partial charge in [0, 0.05) is 18.2 Å². The normalized spacial score (nSPS) is 33.9. The molecule has 2 amide bonds. The minimum Gasteiger partial charge on any atom is -0.481 e. The van der Waals surface area contributed by atoms with Gasteiger partial charge in [-0.2, -0.15) is 0 Å². The van der Waals surface area contributed by atoms with Gasteiger partial charge in [0.1, 0.15) is 5.76 Å². The summed E-state index contributed by atoms with van der Waals surface area (Å²) in [5, 5.41) is 9.83. The largest absolute Gasteiger partial charge is 0.481 e. The zero-order valence-corrected chi connectivity index (χ0v) is 19.4. The molecule has 2 aliphatic carbocycles. The summed E-state index contributed by atoms with van der Waals surface area (Å²) in [5.41, 5.74) is 0. The number of thiazole rings is 1. The molecule has 2 aliphatic heterocycles. The number of carboxylic acid groups (broad SMARTS) is 1. The van der Waals surface area contributed by atoms with Crippen LogP contribution < -0.4 is 4.87 Å². The third kappa shape index (κ3) is 3.17. The number of aliphatic carboxylic acids is 1. The minimum atomic E-state index is -0.824. The quantitative estimate of drug-likeness (QED) is 0.454. The molecule has 33 heavy (non-hydrogen) atoms. The first kappa shape index (κ1) is 21.2. The van der Waals surface area contributed by atoms with Crippen molar-refractivity contribution in [2.24, 2.45) is 29.6 Å². The molecule has 0 spiro atoms. The van der Waals surface area contributed by atoms with Crippen molar-refractivity contribution in [2.75, 3.05) is 6.54 Å². The fraction of sp³-hybridized carbons (Fsp3) is 0.565. The highest BCUT2D eigenvalue weighted by Crippen LogP contribution is 2.68. The van der Waals surface area contributed by atoms with Crippen molar-refractivity contribution >= 4 is 40.9 Å². The number of unbranched alkanes of at least 4 members (excludes halogenated alkanes) is 2. The second-order valence-electron chi connectivity index (χ2n) is 9.51. The number of carbonyl (C=O) groups is 3. The van der Waals surface area contributed by atoms with Gasteiger partial charge in [-0.3, -0.25) is 24.1 Å². The fourth-order valence-corrected chi connectivity index (χ4v) is 9.68. The van der Waals surface area contributed by atoms with Crippen molar-refractivity contribution in [1.29, 1.82) is 0 Å². The first-order chi connectivity index (χ1) is 16.0. The van der Waals surface area contributed by atoms with E-state index in [1.807, 2.05) is 12.1 Å². The zero-order chi connectivity index (χ0) is 22.9. The number of carboxylic acids is 1. The van der Waals surface area contributed by atoms with Crippen LogP contribution in [-0.4, -0.2) is 44.6 Å². The van der Waals surface area contributed by atoms with E-state index in [2.05, 4.69) is 4.98 Å². The number of carbonyl (C=O) groups excluding carboxylic acids is 2. The molecule has 1 saturated heterocycles. The van der Waals surface area contributed by atoms with E-state index in [-0.39, 0.29) is 63.9 Å². The molecule has 174 valence electrons. The van der Waals surface area contributed by atoms with E-state index in [1.54, 1.807) is 18.0 Å². The van der Waals surface area contributed by atoms with Gasteiger partial charge >= 0.3 is 10.8 Å². The van der Waals surface area contributed by atoms with Crippen LogP contribution in [0.3, 0.4) is 0 Å². The van der Waals surface area contributed by atoms with Crippen molar-refractivity contribution < 1.29 is 23.9 Å². The summed E-state index contributed by atoms with van der Waals surface area (Å²) in [5.74, 6) is -0.429. The number of nitrogens with one attached hydrogen (secondary N) is 1. The Balaban J connectivity index is 1.27. The maximum Gasteiger partial charge on any atom is 0.305 e. The van der Waals surface area contributed by atoms with Gasteiger partial charge in [-0.25, -0.2) is 0 Å². The number of rotatable bonds is 7. The number of thioether (sulfide) groups is 1. The SMILES string of the molecule is O=C(O)CCCCCN1C(=O)[C@@H]2[C@H]3C[C@@H]([C@@H]2C1=O)[C@H]1[C@@H](c2ccco2)c2sc(=O)[nH]c2S[C@H]31. The number of aromatic nitrogens is 1. The highest BCUT2D eigenvalue weighted by atomic mass is 32.2. The number of H-pyrrole nitrogens is 1. The van der Waals surface area contributed by atoms with Gasteiger partial charge in [0.2, 0.25) is 11.8 Å². The van der Waals surface area contributed by atoms with Gasteiger partial charge in [-0.05, 0) is 49.1 Å². The van der Waals surface area contributed by atoms with Crippen LogP contribution in [0.25, 0.3) is 0 Å². The number of aromatic amines is 1. The number of nitrogens with zero attached hydrogens (tertiary/aromatic N) is 1. The number of fused-ring (bicyclic) bond motifs is 9. The molecule has 0 unspecified atom stereocenters. The Labute approximate surface area is 197 Å². The second-order valence-corrected chi connectivity index (χ2v) is 11.7. The average Bonchev–Trinajstić information content (AvgIpc) is 3.57. The lowest BCUT2D eigenvalue weighted by molar-refractivity contribution is -0.141. The Morgan fingerprint density at radius 1 is 1.15 bits per heavy atom. The van der Waals surface area contributed by atoms with Gasteiger partial charge in [0.05, 0.1) is 33.9 Å². The lowest BCUT2D eigenvalue weighted by Crippen LogP contribution is -2.42. The van der Waals surface area contributed by atoms with Crippen LogP contribution in [0, 0.1) is 29.6 Å². The Hall–Kier alpha value is -2.33. The van der Waals surface area contributed by atoms with Crippen LogP contribution in [-0.2, 0) is 14.4 Å². The molecular weight excluding hydrogens is 464 g/mol. The summed E-state index contributed by atoms with van der Waals surface area (Å²) in [7, 11) is 0. The van der Waals surface area contributed by atoms with Gasteiger partial charge in [0.25, 0.3) is 0 Å². The Kier molecular flexibility index (Phi) is 5.06. The van der Waals surface area contributed by atoms with Gasteiger partial charge in [-0.1, -0.05) is 17.8 Å². The average molecular weight is 489 g/mol. The molecule has 2 saturated carbocycles. The fourth-order valence-electron chi connectivity index (χ4n) is 6.81. The lowest BCUT2D eigenvalue weighted by Gasteiger charge is -2.42. The number of hydrogen-bond acceptors (Lipinski definition) is 7. The molecule has 0 radical (unpaired) electrons. The van der Waals surface area contributed by atoms with E-state index in [9.17, 15) is 19.2 Å². The summed E-state index contributed by atoms with van der Waals surface area (Å²) in [4.78, 5) is 54.9. The van der Waals surface area contributed by atoms with Crippen molar-refractivity contribution in [2.45, 2.75) is 48.3 Å². The van der Waals surface area contributed by atoms with E-state index in [1.165, 1.54) is 16.2 Å². The molecule has 2 N–H and O–H groups in total. The van der Waals surface area contributed by atoms with E-state index in [0.29, 0.717) is 25.8 Å². The van der Waals surface area contributed by atoms with Crippen LogP contribution in [0.4, 0.5) is 0 Å². The number of furan rings is 1. The standard InChI is InChI=1S/C23H24N2O6S2/c26-13(27)6-2-1-3-7-25-21(28)15-10-9-11(16(15)22(25)29)18-14(10)17(12-5-4-8-31-12)19-20(32-18)24-23(30)33-19/h4-5,8,10-11,14-18H,1-3,6-7,9H2,(H,24,30)(H,26,27)/t10-,11-,14+,15+,16-,17-,18-/m1/s1. The van der Waals surface area contributed by atoms with Gasteiger partial charge in [0.15, 0.2) is 0 Å². The maximum absolute atomic E-state index is 13.4. The molecule has 10 heteroatoms. The summed E-state index contributed by atoms with van der Waals surface area (Å²) in [6.45, 7) is 0.370. The minimum absolute atomic E-state index is 0.0612. The van der Waals surface area contributed by atoms with Gasteiger partial charge in [-0.15, -0.1) is 11.8 Å². The third-order valence-corrected chi connectivity index (χ3v) is 10.5. The first-order valence-corrected chi connectivity index (χ1v) is 13.2. The van der Waals surface area contributed by atoms with Gasteiger partial charge < -0.3 is 14.5 Å². The molecule has 2 aromatic heterocycles. The Morgan fingerprint density at radius 2 is 1.94 bits per heavy atom. The zero-order valence-electron chi connectivity index (χ0n) is 17.8. The third-order valence-electron chi connectivity index (χ3n) is 7.94. The van der Waals surface area contributed by atoms with E-state index < -0.39 is 5.97 Å². The first-order valence-electron chi connectivity index (χ1n) is 11.5. The van der Waals surface area contributed by atoms with E-state index >= 15 is 0 Å². The number of amides is 2. The molecule has 2 bridgehead atoms. The highest BCUT2D eigenvalue weighted by molar-refractivity contribution is 8.00. The maximum atomic E-state index is 13.4. The molecule has 0 aromatic carbocycles. The second kappa shape index (κ2) is 7.87. The molecule has 2 aromatic rings. The van der Waals surface area contributed by atoms with E-state index in [0.717, 1.165) is 22.1 Å². The molecule has 4 aliphatic rings. The smallest absolute Gasteiger partial charge is 0.305 e. The molecule has 7 atom stereocenters. The van der Waals surface area contributed by atoms with Crippen molar-refractivity contribution in [3.05, 3.63) is 38.7 Å². The Bertz CT molecular complexity index is 1170. The molecule has 4 heterocycles. The molecule has 8 nitrogen and oxygen atoms in total. The van der Waals surface area contributed by atoms with Crippen molar-refractivity contribution in [1.82, 2.24) is 9.88 Å². The predicted molar refractivity (Wildman–Crippen MR) is 120 cm³/mol. The van der Waals surface area contributed by atoms with Crippen molar-refractivity contribution in [3.63, 3.8) is 0 Å². The summed E-state index contributed by atoms with van der Waals surface area (Å²) in [6.07, 6.45) is 4.48. The van der Waals surface area contributed by atoms with Crippen LogP contribution in [0.15, 0.2) is 32.6 Å². The van der Waals surface area contributed by atoms with Crippen LogP contribution in [0.5, 0.6) is 0 Å². The summed E-state index contributed by atoms with van der Waals surface area (Å²) < 4.78 is 5.81. The van der Waals surface area contributed by atoms with E-state index in [4.69, 9.17) is 9.52 Å². The molecular formula is C23H24N2O6S2. The summed E-state index contributed by atoms with van der Waals surface area (Å²) in [6, 6.07) is 3.80.